The van der Waals surface area contributed by atoms with Crippen LogP contribution in [0.15, 0.2) is 24.3 Å². The molecule has 0 saturated heterocycles. The summed E-state index contributed by atoms with van der Waals surface area (Å²) in [6.07, 6.45) is 5.95. The summed E-state index contributed by atoms with van der Waals surface area (Å²) in [4.78, 5) is 11.8. The maximum absolute atomic E-state index is 11.8. The van der Waals surface area contributed by atoms with Crippen LogP contribution in [0.25, 0.3) is 0 Å². The second kappa shape index (κ2) is 10.1. The lowest BCUT2D eigenvalue weighted by Gasteiger charge is -2.20. The number of alkyl carbamates (subject to hydrolysis) is 1. The van der Waals surface area contributed by atoms with Crippen molar-refractivity contribution in [2.24, 2.45) is 0 Å². The van der Waals surface area contributed by atoms with E-state index in [1.54, 1.807) is 0 Å². The van der Waals surface area contributed by atoms with Gasteiger partial charge in [0.25, 0.3) is 0 Å². The van der Waals surface area contributed by atoms with Gasteiger partial charge in [-0.05, 0) is 38.8 Å². The average Bonchev–Trinajstić information content (AvgIpc) is 2.48. The summed E-state index contributed by atoms with van der Waals surface area (Å²) in [6, 6.07) is 8.07. The smallest absolute Gasteiger partial charge is 0.407 e. The highest BCUT2D eigenvalue weighted by atomic mass is 16.6. The van der Waals surface area contributed by atoms with Crippen molar-refractivity contribution in [1.29, 1.82) is 0 Å². The zero-order chi connectivity index (χ0) is 17.1. The van der Waals surface area contributed by atoms with Gasteiger partial charge >= 0.3 is 6.09 Å². The minimum Gasteiger partial charge on any atom is -0.444 e. The fourth-order valence-electron chi connectivity index (χ4n) is 2.28. The Morgan fingerprint density at radius 3 is 2.48 bits per heavy atom. The number of carbonyl (C=O) groups is 1. The first-order valence-corrected chi connectivity index (χ1v) is 8.71. The molecule has 0 bridgehead atoms. The number of nitrogens with one attached hydrogen (secondary N) is 2. The van der Waals surface area contributed by atoms with Crippen LogP contribution in [-0.2, 0) is 11.3 Å². The van der Waals surface area contributed by atoms with Gasteiger partial charge in [0.1, 0.15) is 5.60 Å². The van der Waals surface area contributed by atoms with Crippen LogP contribution in [0.2, 0.25) is 0 Å². The third kappa shape index (κ3) is 9.11. The fourth-order valence-corrected chi connectivity index (χ4v) is 2.28. The zero-order valence-electron chi connectivity index (χ0n) is 15.1. The summed E-state index contributed by atoms with van der Waals surface area (Å²) in [5.41, 5.74) is 1.69. The molecule has 4 heteroatoms. The zero-order valence-corrected chi connectivity index (χ0v) is 15.1. The highest BCUT2D eigenvalue weighted by Gasteiger charge is 2.15. The Labute approximate surface area is 141 Å². The quantitative estimate of drug-likeness (QED) is 0.623. The van der Waals surface area contributed by atoms with Crippen LogP contribution in [0, 0.1) is 0 Å². The Bertz CT molecular complexity index is 467. The molecule has 1 aromatic carbocycles. The number of benzene rings is 1. The number of carbonyl (C=O) groups excluding carboxylic acids is 1. The number of anilines is 1. The van der Waals surface area contributed by atoms with Gasteiger partial charge in [0, 0.05) is 18.8 Å². The van der Waals surface area contributed by atoms with Crippen LogP contribution in [0.3, 0.4) is 0 Å². The first-order chi connectivity index (χ1) is 10.9. The van der Waals surface area contributed by atoms with Crippen molar-refractivity contribution < 1.29 is 9.53 Å². The number of para-hydroxylation sites is 1. The average molecular weight is 320 g/mol. The topological polar surface area (TPSA) is 50.4 Å². The van der Waals surface area contributed by atoms with E-state index in [1.165, 1.54) is 32.1 Å². The largest absolute Gasteiger partial charge is 0.444 e. The van der Waals surface area contributed by atoms with Gasteiger partial charge in [-0.25, -0.2) is 4.79 Å². The van der Waals surface area contributed by atoms with Crippen LogP contribution in [0.1, 0.15) is 65.4 Å². The number of rotatable bonds is 9. The van der Waals surface area contributed by atoms with Crippen molar-refractivity contribution in [2.75, 3.05) is 11.9 Å². The minimum absolute atomic E-state index is 0.383. The summed E-state index contributed by atoms with van der Waals surface area (Å²) in [5.74, 6) is 0. The molecular weight excluding hydrogens is 288 g/mol. The Balaban J connectivity index is 2.40. The van der Waals surface area contributed by atoms with E-state index in [4.69, 9.17) is 4.74 Å². The predicted molar refractivity (Wildman–Crippen MR) is 96.8 cm³/mol. The third-order valence-electron chi connectivity index (χ3n) is 3.44. The highest BCUT2D eigenvalue weighted by molar-refractivity contribution is 5.68. The first-order valence-electron chi connectivity index (χ1n) is 8.71. The van der Waals surface area contributed by atoms with E-state index >= 15 is 0 Å². The molecule has 1 aromatic rings. The van der Waals surface area contributed by atoms with Gasteiger partial charge in [-0.3, -0.25) is 0 Å². The maximum atomic E-state index is 11.8. The molecule has 0 radical (unpaired) electrons. The standard InChI is InChI=1S/C19H32N2O2/c1-5-6-7-8-11-14-20-17-13-10-9-12-16(17)15-21-18(22)23-19(2,3)4/h9-10,12-13,20H,5-8,11,14-15H2,1-4H3,(H,21,22). The van der Waals surface area contributed by atoms with Crippen molar-refractivity contribution >= 4 is 11.8 Å². The van der Waals surface area contributed by atoms with E-state index in [-0.39, 0.29) is 6.09 Å². The van der Waals surface area contributed by atoms with E-state index < -0.39 is 5.60 Å². The molecule has 1 amide bonds. The molecule has 4 nitrogen and oxygen atoms in total. The highest BCUT2D eigenvalue weighted by Crippen LogP contribution is 2.15. The molecule has 0 atom stereocenters. The Morgan fingerprint density at radius 1 is 1.09 bits per heavy atom. The van der Waals surface area contributed by atoms with Crippen molar-refractivity contribution in [3.8, 4) is 0 Å². The molecule has 0 spiro atoms. The molecule has 0 aliphatic heterocycles. The SMILES string of the molecule is CCCCCCCNc1ccccc1CNC(=O)OC(C)(C)C. The van der Waals surface area contributed by atoms with Gasteiger partial charge in [0.2, 0.25) is 0 Å². The first kappa shape index (κ1) is 19.3. The number of ether oxygens (including phenoxy) is 1. The molecule has 2 N–H and O–H groups in total. The molecule has 0 aliphatic rings. The minimum atomic E-state index is -0.472. The monoisotopic (exact) mass is 320 g/mol. The lowest BCUT2D eigenvalue weighted by atomic mass is 10.1. The van der Waals surface area contributed by atoms with Gasteiger partial charge in [-0.15, -0.1) is 0 Å². The van der Waals surface area contributed by atoms with Gasteiger partial charge in [0.05, 0.1) is 0 Å². The van der Waals surface area contributed by atoms with Crippen LogP contribution >= 0.6 is 0 Å². The van der Waals surface area contributed by atoms with Gasteiger partial charge < -0.3 is 15.4 Å². The molecule has 0 saturated carbocycles. The van der Waals surface area contributed by atoms with Crippen molar-refractivity contribution in [3.05, 3.63) is 29.8 Å². The molecule has 23 heavy (non-hydrogen) atoms. The van der Waals surface area contributed by atoms with Crippen LogP contribution in [0.4, 0.5) is 10.5 Å². The predicted octanol–water partition coefficient (Wildman–Crippen LogP) is 5.09. The van der Waals surface area contributed by atoms with Crippen LogP contribution in [-0.4, -0.2) is 18.2 Å². The lowest BCUT2D eigenvalue weighted by molar-refractivity contribution is 0.0523. The molecule has 1 rings (SSSR count). The maximum Gasteiger partial charge on any atom is 0.407 e. The van der Waals surface area contributed by atoms with E-state index in [0.717, 1.165) is 17.8 Å². The number of hydrogen-bond donors (Lipinski definition) is 2. The van der Waals surface area contributed by atoms with E-state index in [2.05, 4.69) is 23.6 Å². The number of unbranched alkanes of at least 4 members (excludes halogenated alkanes) is 4. The molecule has 0 heterocycles. The van der Waals surface area contributed by atoms with Crippen LogP contribution in [0.5, 0.6) is 0 Å². The third-order valence-corrected chi connectivity index (χ3v) is 3.44. The summed E-state index contributed by atoms with van der Waals surface area (Å²) >= 11 is 0. The summed E-state index contributed by atoms with van der Waals surface area (Å²) in [5, 5.41) is 6.28. The fraction of sp³-hybridized carbons (Fsp3) is 0.632. The lowest BCUT2D eigenvalue weighted by Crippen LogP contribution is -2.32. The molecule has 130 valence electrons. The van der Waals surface area contributed by atoms with E-state index in [0.29, 0.717) is 6.54 Å². The normalized spacial score (nSPS) is 11.1. The Morgan fingerprint density at radius 2 is 1.78 bits per heavy atom. The molecule has 0 unspecified atom stereocenters. The Kier molecular flexibility index (Phi) is 8.52. The molecular formula is C19H32N2O2. The summed E-state index contributed by atoms with van der Waals surface area (Å²) < 4.78 is 5.26. The number of hydrogen-bond acceptors (Lipinski definition) is 3. The van der Waals surface area contributed by atoms with Gasteiger partial charge in [-0.2, -0.15) is 0 Å². The Hall–Kier alpha value is -1.71. The second-order valence-electron chi connectivity index (χ2n) is 6.85. The van der Waals surface area contributed by atoms with Crippen molar-refractivity contribution in [3.63, 3.8) is 0 Å². The van der Waals surface area contributed by atoms with E-state index in [1.807, 2.05) is 39.0 Å². The summed E-state index contributed by atoms with van der Waals surface area (Å²) in [7, 11) is 0. The summed E-state index contributed by atoms with van der Waals surface area (Å²) in [6.45, 7) is 9.25. The number of amides is 1. The van der Waals surface area contributed by atoms with Gasteiger partial charge in [0.15, 0.2) is 0 Å². The van der Waals surface area contributed by atoms with Crippen molar-refractivity contribution in [2.45, 2.75) is 71.9 Å². The molecule has 0 aromatic heterocycles. The van der Waals surface area contributed by atoms with Crippen LogP contribution < -0.4 is 10.6 Å². The van der Waals surface area contributed by atoms with E-state index in [9.17, 15) is 4.79 Å². The van der Waals surface area contributed by atoms with Gasteiger partial charge in [-0.1, -0.05) is 50.8 Å². The van der Waals surface area contributed by atoms with Crippen molar-refractivity contribution in [1.82, 2.24) is 5.32 Å². The molecule has 0 aliphatic carbocycles. The molecule has 0 fully saturated rings. The second-order valence-corrected chi connectivity index (χ2v) is 6.85.